The van der Waals surface area contributed by atoms with Crippen LogP contribution in [0.25, 0.3) is 0 Å². The van der Waals surface area contributed by atoms with E-state index in [1.807, 2.05) is 5.01 Å². The summed E-state index contributed by atoms with van der Waals surface area (Å²) in [4.78, 5) is 0. The minimum Gasteiger partial charge on any atom is -0.490 e. The third kappa shape index (κ3) is 3.86. The van der Waals surface area contributed by atoms with Crippen molar-refractivity contribution in [1.29, 1.82) is 0 Å². The molecule has 1 unspecified atom stereocenters. The molecule has 0 bridgehead atoms. The summed E-state index contributed by atoms with van der Waals surface area (Å²) in [6.07, 6.45) is 4.42. The highest BCUT2D eigenvalue weighted by Crippen LogP contribution is 2.41. The predicted octanol–water partition coefficient (Wildman–Crippen LogP) is 4.95. The van der Waals surface area contributed by atoms with Gasteiger partial charge < -0.3 is 4.74 Å². The summed E-state index contributed by atoms with van der Waals surface area (Å²) in [7, 11) is 0. The third-order valence-corrected chi connectivity index (χ3v) is 5.67. The lowest BCUT2D eigenvalue weighted by Gasteiger charge is -2.39. The molecule has 2 aliphatic rings. The molecule has 0 aliphatic carbocycles. The number of nitrogens with zero attached hydrogens (tertiary/aromatic N) is 1. The van der Waals surface area contributed by atoms with Gasteiger partial charge in [0.25, 0.3) is 0 Å². The Morgan fingerprint density at radius 3 is 2.77 bits per heavy atom. The molecule has 3 nitrogen and oxygen atoms in total. The van der Waals surface area contributed by atoms with E-state index in [2.05, 4.69) is 49.4 Å². The maximum atomic E-state index is 6.40. The van der Waals surface area contributed by atoms with Gasteiger partial charge in [0.05, 0.1) is 6.04 Å². The number of hydrogen-bond acceptors (Lipinski definition) is 3. The molecular formula is C21H26Cl2N2O. The summed E-state index contributed by atoms with van der Waals surface area (Å²) in [5, 5.41) is 2.82. The fraction of sp³-hybridized carbons (Fsp3) is 0.429. The average molecular weight is 393 g/mol. The largest absolute Gasteiger partial charge is 0.490 e. The van der Waals surface area contributed by atoms with Gasteiger partial charge in [0.15, 0.2) is 0 Å². The van der Waals surface area contributed by atoms with E-state index in [1.165, 1.54) is 23.1 Å². The van der Waals surface area contributed by atoms with Crippen LogP contribution in [0.15, 0.2) is 42.5 Å². The number of rotatable bonds is 3. The van der Waals surface area contributed by atoms with Crippen molar-refractivity contribution in [3.8, 4) is 5.75 Å². The molecule has 4 rings (SSSR count). The Kier molecular flexibility index (Phi) is 6.13. The fourth-order valence-electron chi connectivity index (χ4n) is 4.43. The number of halogens is 2. The van der Waals surface area contributed by atoms with Crippen molar-refractivity contribution in [3.63, 3.8) is 0 Å². The Morgan fingerprint density at radius 1 is 1.23 bits per heavy atom. The summed E-state index contributed by atoms with van der Waals surface area (Å²) in [6.45, 7) is 3.06. The van der Waals surface area contributed by atoms with E-state index in [0.29, 0.717) is 5.92 Å². The van der Waals surface area contributed by atoms with Gasteiger partial charge in [0.2, 0.25) is 0 Å². The zero-order valence-corrected chi connectivity index (χ0v) is 16.6. The van der Waals surface area contributed by atoms with Crippen LogP contribution >= 0.6 is 24.0 Å². The number of fused-ring (bicyclic) bond motifs is 1. The molecule has 2 N–H and O–H groups in total. The molecule has 0 amide bonds. The second-order valence-corrected chi connectivity index (χ2v) is 7.82. The van der Waals surface area contributed by atoms with Gasteiger partial charge in [-0.05, 0) is 60.9 Å². The topological polar surface area (TPSA) is 38.5 Å². The molecular weight excluding hydrogens is 367 g/mol. The summed E-state index contributed by atoms with van der Waals surface area (Å²) in [5.74, 6) is 7.91. The third-order valence-electron chi connectivity index (χ3n) is 5.45. The average Bonchev–Trinajstić information content (AvgIpc) is 2.96. The first-order valence-corrected chi connectivity index (χ1v) is 9.54. The van der Waals surface area contributed by atoms with Crippen LogP contribution in [0.3, 0.4) is 0 Å². The zero-order chi connectivity index (χ0) is 17.4. The van der Waals surface area contributed by atoms with Crippen LogP contribution in [0.2, 0.25) is 5.02 Å². The molecule has 0 saturated carbocycles. The van der Waals surface area contributed by atoms with Gasteiger partial charge in [-0.15, -0.1) is 12.4 Å². The first kappa shape index (κ1) is 19.5. The van der Waals surface area contributed by atoms with Gasteiger partial charge in [-0.3, -0.25) is 5.84 Å². The Morgan fingerprint density at radius 2 is 2.00 bits per heavy atom. The van der Waals surface area contributed by atoms with Crippen molar-refractivity contribution < 1.29 is 4.74 Å². The highest BCUT2D eigenvalue weighted by molar-refractivity contribution is 6.30. The van der Waals surface area contributed by atoms with E-state index >= 15 is 0 Å². The number of hydrogen-bond donors (Lipinski definition) is 1. The van der Waals surface area contributed by atoms with Gasteiger partial charge in [0, 0.05) is 18.0 Å². The molecule has 2 aromatic carbocycles. The predicted molar refractivity (Wildman–Crippen MR) is 109 cm³/mol. The van der Waals surface area contributed by atoms with Gasteiger partial charge in [-0.2, -0.15) is 0 Å². The van der Waals surface area contributed by atoms with Crippen LogP contribution in [-0.4, -0.2) is 17.7 Å². The van der Waals surface area contributed by atoms with Crippen molar-refractivity contribution in [2.45, 2.75) is 44.8 Å². The molecule has 3 atom stereocenters. The first-order chi connectivity index (χ1) is 12.1. The van der Waals surface area contributed by atoms with E-state index < -0.39 is 0 Å². The maximum absolute atomic E-state index is 6.40. The maximum Gasteiger partial charge on any atom is 0.126 e. The molecule has 1 fully saturated rings. The smallest absolute Gasteiger partial charge is 0.126 e. The normalized spacial score (nSPS) is 25.3. The van der Waals surface area contributed by atoms with Gasteiger partial charge >= 0.3 is 0 Å². The van der Waals surface area contributed by atoms with Gasteiger partial charge in [-0.25, -0.2) is 5.01 Å². The molecule has 26 heavy (non-hydrogen) atoms. The molecule has 2 aliphatic heterocycles. The first-order valence-electron chi connectivity index (χ1n) is 9.16. The molecule has 140 valence electrons. The monoisotopic (exact) mass is 392 g/mol. The van der Waals surface area contributed by atoms with Crippen molar-refractivity contribution >= 4 is 24.0 Å². The van der Waals surface area contributed by atoms with Gasteiger partial charge in [0.1, 0.15) is 11.9 Å². The number of benzene rings is 2. The number of ether oxygens (including phenoxy) is 1. The molecule has 2 aromatic rings. The quantitative estimate of drug-likeness (QED) is 0.750. The van der Waals surface area contributed by atoms with Crippen molar-refractivity contribution in [2.24, 2.45) is 11.8 Å². The minimum atomic E-state index is 0. The fourth-order valence-corrected chi connectivity index (χ4v) is 4.70. The second-order valence-electron chi connectivity index (χ2n) is 7.39. The van der Waals surface area contributed by atoms with E-state index in [9.17, 15) is 0 Å². The Bertz CT molecular complexity index is 753. The Labute approximate surface area is 166 Å². The Balaban J connectivity index is 0.00000196. The van der Waals surface area contributed by atoms with Crippen LogP contribution < -0.4 is 10.6 Å². The summed E-state index contributed by atoms with van der Waals surface area (Å²) < 4.78 is 6.10. The summed E-state index contributed by atoms with van der Waals surface area (Å²) >= 11 is 6.39. The lowest BCUT2D eigenvalue weighted by atomic mass is 9.81. The molecule has 1 saturated heterocycles. The summed E-state index contributed by atoms with van der Waals surface area (Å²) in [5.41, 5.74) is 3.77. The molecule has 5 heteroatoms. The van der Waals surface area contributed by atoms with Gasteiger partial charge in [-0.1, -0.05) is 41.9 Å². The van der Waals surface area contributed by atoms with Crippen LogP contribution in [0.4, 0.5) is 0 Å². The summed E-state index contributed by atoms with van der Waals surface area (Å²) in [6, 6.07) is 15.0. The Hall–Kier alpha value is -1.26. The van der Waals surface area contributed by atoms with E-state index in [1.54, 1.807) is 0 Å². The van der Waals surface area contributed by atoms with E-state index in [-0.39, 0.29) is 24.6 Å². The lowest BCUT2D eigenvalue weighted by Crippen LogP contribution is -2.44. The molecule has 0 aromatic heterocycles. The van der Waals surface area contributed by atoms with Crippen LogP contribution in [-0.2, 0) is 12.8 Å². The molecule has 0 spiro atoms. The van der Waals surface area contributed by atoms with Crippen LogP contribution in [0, 0.1) is 5.92 Å². The van der Waals surface area contributed by atoms with Crippen molar-refractivity contribution in [2.75, 3.05) is 6.54 Å². The lowest BCUT2D eigenvalue weighted by molar-refractivity contribution is 0.0921. The van der Waals surface area contributed by atoms with E-state index in [0.717, 1.165) is 36.6 Å². The zero-order valence-electron chi connectivity index (χ0n) is 15.0. The highest BCUT2D eigenvalue weighted by Gasteiger charge is 2.33. The SMILES string of the molecule is CC1Cc2cc(Cl)cc(C[C@@H]3CCCN(N)[C@@H]3c3ccccc3)c2O1.Cl. The molecule has 0 radical (unpaired) electrons. The van der Waals surface area contributed by atoms with Crippen molar-refractivity contribution in [1.82, 2.24) is 5.01 Å². The van der Waals surface area contributed by atoms with E-state index in [4.69, 9.17) is 22.2 Å². The van der Waals surface area contributed by atoms with Crippen LogP contribution in [0.1, 0.15) is 42.5 Å². The van der Waals surface area contributed by atoms with Crippen molar-refractivity contribution in [3.05, 3.63) is 64.2 Å². The number of piperidine rings is 1. The van der Waals surface area contributed by atoms with Crippen LogP contribution in [0.5, 0.6) is 5.75 Å². The standard InChI is InChI=1S/C21H25ClN2O.ClH/c1-14-10-17-12-19(22)13-18(21(17)25-14)11-16-8-5-9-24(23)20(16)15-6-3-2-4-7-15;/h2-4,6-7,12-14,16,20H,5,8-11,23H2,1H3;1H/t14?,16-,20+;/m0./s1. The molecule has 2 heterocycles. The minimum absolute atomic E-state index is 0. The number of hydrazine groups is 1. The second kappa shape index (κ2) is 8.18. The highest BCUT2D eigenvalue weighted by atomic mass is 35.5. The number of nitrogens with two attached hydrogens (primary N) is 1.